The van der Waals surface area contributed by atoms with Crippen molar-refractivity contribution in [1.29, 1.82) is 0 Å². The molecule has 1 aromatic carbocycles. The average molecular weight is 183 g/mol. The zero-order valence-electron chi connectivity index (χ0n) is 6.68. The van der Waals surface area contributed by atoms with Crippen molar-refractivity contribution in [2.24, 2.45) is 5.73 Å². The molecule has 0 aliphatic heterocycles. The maximum absolute atomic E-state index is 5.88. The van der Waals surface area contributed by atoms with Gasteiger partial charge >= 0.3 is 0 Å². The molecule has 64 valence electrons. The second kappa shape index (κ2) is 2.64. The predicted molar refractivity (Wildman–Crippen MR) is 51.1 cm³/mol. The predicted octanol–water partition coefficient (Wildman–Crippen LogP) is 1.87. The summed E-state index contributed by atoms with van der Waals surface area (Å²) in [4.78, 5) is 0. The highest BCUT2D eigenvalue weighted by Crippen LogP contribution is 2.34. The van der Waals surface area contributed by atoms with Gasteiger partial charge in [0.25, 0.3) is 0 Å². The molecule has 2 rings (SSSR count). The lowest BCUT2D eigenvalue weighted by Crippen LogP contribution is -2.05. The van der Waals surface area contributed by atoms with Crippen molar-refractivity contribution >= 4 is 17.3 Å². The third-order valence-corrected chi connectivity index (χ3v) is 2.71. The highest BCUT2D eigenvalue weighted by atomic mass is 35.5. The van der Waals surface area contributed by atoms with E-state index in [1.807, 2.05) is 12.1 Å². The first-order valence-corrected chi connectivity index (χ1v) is 4.39. The molecule has 0 unspecified atom stereocenters. The zero-order valence-corrected chi connectivity index (χ0v) is 7.43. The number of hydrogen-bond donors (Lipinski definition) is 2. The Morgan fingerprint density at radius 1 is 1.42 bits per heavy atom. The Bertz CT molecular complexity index is 323. The van der Waals surface area contributed by atoms with Crippen LogP contribution in [0.15, 0.2) is 12.1 Å². The maximum atomic E-state index is 5.88. The topological polar surface area (TPSA) is 52.0 Å². The Morgan fingerprint density at radius 2 is 2.17 bits per heavy atom. The molecule has 0 fully saturated rings. The number of halogens is 1. The summed E-state index contributed by atoms with van der Waals surface area (Å²) in [5.41, 5.74) is 14.6. The molecule has 0 radical (unpaired) electrons. The van der Waals surface area contributed by atoms with Crippen LogP contribution in [-0.4, -0.2) is 0 Å². The molecule has 0 heterocycles. The van der Waals surface area contributed by atoms with E-state index in [1.54, 1.807) is 0 Å². The van der Waals surface area contributed by atoms with E-state index in [2.05, 4.69) is 0 Å². The molecule has 1 atom stereocenters. The van der Waals surface area contributed by atoms with Crippen LogP contribution in [0, 0.1) is 0 Å². The fourth-order valence-electron chi connectivity index (χ4n) is 1.68. The smallest absolute Gasteiger partial charge is 0.0638 e. The highest BCUT2D eigenvalue weighted by molar-refractivity contribution is 6.33. The number of hydrogen-bond acceptors (Lipinski definition) is 2. The fourth-order valence-corrected chi connectivity index (χ4v) is 1.85. The van der Waals surface area contributed by atoms with E-state index < -0.39 is 0 Å². The van der Waals surface area contributed by atoms with Gasteiger partial charge < -0.3 is 11.5 Å². The molecule has 1 aromatic rings. The molecule has 1 aliphatic carbocycles. The molecule has 0 aromatic heterocycles. The van der Waals surface area contributed by atoms with E-state index in [0.717, 1.165) is 18.4 Å². The van der Waals surface area contributed by atoms with Crippen LogP contribution in [0.1, 0.15) is 23.6 Å². The normalized spacial score (nSPS) is 21.0. The van der Waals surface area contributed by atoms with E-state index in [-0.39, 0.29) is 6.04 Å². The van der Waals surface area contributed by atoms with Crippen molar-refractivity contribution in [3.63, 3.8) is 0 Å². The quantitative estimate of drug-likeness (QED) is 0.602. The number of aryl methyl sites for hydroxylation is 1. The number of anilines is 1. The van der Waals surface area contributed by atoms with E-state index in [9.17, 15) is 0 Å². The molecule has 1 aliphatic rings. The number of nitrogens with two attached hydrogens (primary N) is 2. The van der Waals surface area contributed by atoms with Gasteiger partial charge in [-0.2, -0.15) is 0 Å². The first-order chi connectivity index (χ1) is 5.68. The van der Waals surface area contributed by atoms with Gasteiger partial charge in [-0.3, -0.25) is 0 Å². The van der Waals surface area contributed by atoms with Gasteiger partial charge in [0, 0.05) is 6.04 Å². The van der Waals surface area contributed by atoms with E-state index in [4.69, 9.17) is 23.1 Å². The lowest BCUT2D eigenvalue weighted by Gasteiger charge is -2.06. The SMILES string of the molecule is Nc1cc2c(cc1Cl)[C@H](N)CC2. The van der Waals surface area contributed by atoms with Gasteiger partial charge in [0.1, 0.15) is 0 Å². The van der Waals surface area contributed by atoms with Crippen molar-refractivity contribution in [3.05, 3.63) is 28.3 Å². The van der Waals surface area contributed by atoms with Crippen molar-refractivity contribution in [2.75, 3.05) is 5.73 Å². The fraction of sp³-hybridized carbons (Fsp3) is 0.333. The summed E-state index contributed by atoms with van der Waals surface area (Å²) in [6.07, 6.45) is 2.03. The number of fused-ring (bicyclic) bond motifs is 1. The van der Waals surface area contributed by atoms with Crippen LogP contribution in [0.5, 0.6) is 0 Å². The Morgan fingerprint density at radius 3 is 2.92 bits per heavy atom. The summed E-state index contributed by atoms with van der Waals surface area (Å²) in [7, 11) is 0. The Balaban J connectivity index is 2.56. The molecular weight excluding hydrogens is 172 g/mol. The van der Waals surface area contributed by atoms with Crippen LogP contribution < -0.4 is 11.5 Å². The minimum absolute atomic E-state index is 0.151. The highest BCUT2D eigenvalue weighted by Gasteiger charge is 2.19. The number of nitrogen functional groups attached to an aromatic ring is 1. The van der Waals surface area contributed by atoms with Crippen molar-refractivity contribution < 1.29 is 0 Å². The van der Waals surface area contributed by atoms with Gasteiger partial charge in [-0.05, 0) is 36.1 Å². The molecule has 2 nitrogen and oxygen atoms in total. The Labute approximate surface area is 76.5 Å². The van der Waals surface area contributed by atoms with Crippen LogP contribution in [-0.2, 0) is 6.42 Å². The first-order valence-electron chi connectivity index (χ1n) is 4.02. The molecular formula is C9H11ClN2. The van der Waals surface area contributed by atoms with Crippen molar-refractivity contribution in [1.82, 2.24) is 0 Å². The summed E-state index contributed by atoms with van der Waals surface area (Å²) < 4.78 is 0. The average Bonchev–Trinajstić information content (AvgIpc) is 2.35. The van der Waals surface area contributed by atoms with Crippen LogP contribution in [0.25, 0.3) is 0 Å². The van der Waals surface area contributed by atoms with E-state index >= 15 is 0 Å². The van der Waals surface area contributed by atoms with Gasteiger partial charge in [-0.15, -0.1) is 0 Å². The molecule has 3 heteroatoms. The van der Waals surface area contributed by atoms with E-state index in [0.29, 0.717) is 10.7 Å². The second-order valence-corrected chi connectivity index (χ2v) is 3.62. The van der Waals surface area contributed by atoms with E-state index in [1.165, 1.54) is 5.56 Å². The maximum Gasteiger partial charge on any atom is 0.0638 e. The monoisotopic (exact) mass is 182 g/mol. The summed E-state index contributed by atoms with van der Waals surface area (Å²) in [5, 5.41) is 0.617. The summed E-state index contributed by atoms with van der Waals surface area (Å²) >= 11 is 5.88. The molecule has 0 bridgehead atoms. The van der Waals surface area contributed by atoms with Crippen LogP contribution >= 0.6 is 11.6 Å². The molecule has 12 heavy (non-hydrogen) atoms. The largest absolute Gasteiger partial charge is 0.398 e. The number of benzene rings is 1. The molecule has 0 amide bonds. The second-order valence-electron chi connectivity index (χ2n) is 3.22. The standard InChI is InChI=1S/C9H11ClN2/c10-7-4-6-5(3-9(7)12)1-2-8(6)11/h3-4,8H,1-2,11-12H2/t8-/m1/s1. The van der Waals surface area contributed by atoms with Crippen LogP contribution in [0.3, 0.4) is 0 Å². The molecule has 4 N–H and O–H groups in total. The summed E-state index contributed by atoms with van der Waals surface area (Å²) in [5.74, 6) is 0. The minimum atomic E-state index is 0.151. The van der Waals surface area contributed by atoms with Crippen LogP contribution in [0.4, 0.5) is 5.69 Å². The zero-order chi connectivity index (χ0) is 8.72. The van der Waals surface area contributed by atoms with Crippen LogP contribution in [0.2, 0.25) is 5.02 Å². The van der Waals surface area contributed by atoms with Gasteiger partial charge in [0.2, 0.25) is 0 Å². The lowest BCUT2D eigenvalue weighted by molar-refractivity contribution is 0.713. The van der Waals surface area contributed by atoms with Gasteiger partial charge in [-0.1, -0.05) is 11.6 Å². The third-order valence-electron chi connectivity index (χ3n) is 2.38. The Hall–Kier alpha value is -0.730. The number of rotatable bonds is 0. The third kappa shape index (κ3) is 1.08. The van der Waals surface area contributed by atoms with Crippen molar-refractivity contribution in [3.8, 4) is 0 Å². The lowest BCUT2D eigenvalue weighted by atomic mass is 10.1. The van der Waals surface area contributed by atoms with Gasteiger partial charge in [0.05, 0.1) is 10.7 Å². The summed E-state index contributed by atoms with van der Waals surface area (Å²) in [6.45, 7) is 0. The van der Waals surface area contributed by atoms with Gasteiger partial charge in [0.15, 0.2) is 0 Å². The molecule has 0 saturated carbocycles. The molecule has 0 spiro atoms. The van der Waals surface area contributed by atoms with Crippen molar-refractivity contribution in [2.45, 2.75) is 18.9 Å². The first kappa shape index (κ1) is 7.90. The summed E-state index contributed by atoms with van der Waals surface area (Å²) in [6, 6.07) is 3.98. The minimum Gasteiger partial charge on any atom is -0.398 e. The van der Waals surface area contributed by atoms with Gasteiger partial charge in [-0.25, -0.2) is 0 Å². The molecule has 0 saturated heterocycles. The Kier molecular flexibility index (Phi) is 1.74.